The molecule has 0 radical (unpaired) electrons. The molecule has 0 unspecified atom stereocenters. The lowest BCUT2D eigenvalue weighted by Gasteiger charge is -2.15. The lowest BCUT2D eigenvalue weighted by Crippen LogP contribution is -2.30. The molecule has 132 valence electrons. The largest absolute Gasteiger partial charge is 0.352 e. The molecular formula is C16H23N3O4S. The molecule has 1 aliphatic rings. The van der Waals surface area contributed by atoms with Crippen molar-refractivity contribution in [3.05, 3.63) is 29.8 Å². The molecule has 2 rings (SSSR count). The minimum Gasteiger partial charge on any atom is -0.352 e. The van der Waals surface area contributed by atoms with E-state index in [1.807, 2.05) is 4.90 Å². The van der Waals surface area contributed by atoms with E-state index >= 15 is 0 Å². The standard InChI is InChI=1S/C16H23N3O4S/c1-2-18-24(22,23)14-8-6-13(7-9-14)16(21)17-10-4-12-19-11-3-5-15(19)20/h6-9,18H,2-5,10-12H2,1H3,(H,17,21). The second-order valence-electron chi connectivity index (χ2n) is 5.62. The maximum Gasteiger partial charge on any atom is 0.251 e. The number of rotatable bonds is 8. The number of hydrogen-bond acceptors (Lipinski definition) is 4. The van der Waals surface area contributed by atoms with Crippen LogP contribution in [0.1, 0.15) is 36.5 Å². The summed E-state index contributed by atoms with van der Waals surface area (Å²) in [7, 11) is -3.51. The summed E-state index contributed by atoms with van der Waals surface area (Å²) in [4.78, 5) is 25.4. The fourth-order valence-electron chi connectivity index (χ4n) is 2.57. The number of nitrogens with zero attached hydrogens (tertiary/aromatic N) is 1. The van der Waals surface area contributed by atoms with Gasteiger partial charge >= 0.3 is 0 Å². The van der Waals surface area contributed by atoms with Gasteiger partial charge in [0, 0.05) is 38.2 Å². The Labute approximate surface area is 142 Å². The molecule has 2 N–H and O–H groups in total. The molecule has 0 saturated carbocycles. The van der Waals surface area contributed by atoms with Gasteiger partial charge in [-0.3, -0.25) is 9.59 Å². The van der Waals surface area contributed by atoms with Gasteiger partial charge in [-0.1, -0.05) is 6.92 Å². The zero-order valence-corrected chi connectivity index (χ0v) is 14.6. The molecule has 8 heteroatoms. The van der Waals surface area contributed by atoms with Crippen LogP contribution in [0.2, 0.25) is 0 Å². The van der Waals surface area contributed by atoms with Gasteiger partial charge in [0.05, 0.1) is 4.90 Å². The maximum atomic E-state index is 12.0. The first-order chi connectivity index (χ1) is 11.4. The molecule has 0 atom stereocenters. The first kappa shape index (κ1) is 18.4. The predicted octanol–water partition coefficient (Wildman–Crippen LogP) is 0.727. The van der Waals surface area contributed by atoms with Gasteiger partial charge in [-0.2, -0.15) is 0 Å². The molecule has 0 aliphatic carbocycles. The number of carbonyl (C=O) groups is 2. The summed E-state index contributed by atoms with van der Waals surface area (Å²) >= 11 is 0. The van der Waals surface area contributed by atoms with E-state index < -0.39 is 10.0 Å². The van der Waals surface area contributed by atoms with Crippen molar-refractivity contribution in [3.8, 4) is 0 Å². The molecule has 1 aliphatic heterocycles. The summed E-state index contributed by atoms with van der Waals surface area (Å²) in [5.74, 6) is -0.0750. The Morgan fingerprint density at radius 2 is 1.96 bits per heavy atom. The number of sulfonamides is 1. The molecule has 0 bridgehead atoms. The molecule has 1 saturated heterocycles. The minimum absolute atomic E-state index is 0.133. The van der Waals surface area contributed by atoms with Crippen LogP contribution in [-0.2, 0) is 14.8 Å². The van der Waals surface area contributed by atoms with E-state index in [0.29, 0.717) is 38.0 Å². The van der Waals surface area contributed by atoms with Crippen LogP contribution in [0.25, 0.3) is 0 Å². The second kappa shape index (κ2) is 8.25. The van der Waals surface area contributed by atoms with Crippen molar-refractivity contribution >= 4 is 21.8 Å². The van der Waals surface area contributed by atoms with Crippen molar-refractivity contribution in [3.63, 3.8) is 0 Å². The number of nitrogens with one attached hydrogen (secondary N) is 2. The van der Waals surface area contributed by atoms with Gasteiger partial charge < -0.3 is 10.2 Å². The summed E-state index contributed by atoms with van der Waals surface area (Å²) in [6, 6.07) is 5.80. The molecule has 1 heterocycles. The first-order valence-corrected chi connectivity index (χ1v) is 9.58. The molecule has 24 heavy (non-hydrogen) atoms. The molecule has 0 aromatic heterocycles. The highest BCUT2D eigenvalue weighted by Crippen LogP contribution is 2.11. The molecular weight excluding hydrogens is 330 g/mol. The van der Waals surface area contributed by atoms with E-state index in [2.05, 4.69) is 10.0 Å². The fraction of sp³-hybridized carbons (Fsp3) is 0.500. The summed E-state index contributed by atoms with van der Waals surface area (Å²) in [6.07, 6.45) is 2.23. The smallest absolute Gasteiger partial charge is 0.251 e. The lowest BCUT2D eigenvalue weighted by atomic mass is 10.2. The minimum atomic E-state index is -3.51. The number of benzene rings is 1. The highest BCUT2D eigenvalue weighted by Gasteiger charge is 2.19. The maximum absolute atomic E-state index is 12.0. The third-order valence-electron chi connectivity index (χ3n) is 3.82. The van der Waals surface area contributed by atoms with E-state index in [1.165, 1.54) is 24.3 Å². The van der Waals surface area contributed by atoms with Crippen molar-refractivity contribution in [1.82, 2.24) is 14.9 Å². The van der Waals surface area contributed by atoms with Gasteiger partial charge in [-0.05, 0) is 37.1 Å². The van der Waals surface area contributed by atoms with Crippen molar-refractivity contribution in [2.24, 2.45) is 0 Å². The van der Waals surface area contributed by atoms with Crippen LogP contribution in [0.15, 0.2) is 29.2 Å². The highest BCUT2D eigenvalue weighted by molar-refractivity contribution is 7.89. The molecule has 7 nitrogen and oxygen atoms in total. The normalized spacial score (nSPS) is 14.9. The Morgan fingerprint density at radius 3 is 2.54 bits per heavy atom. The van der Waals surface area contributed by atoms with Crippen LogP contribution in [0.4, 0.5) is 0 Å². The molecule has 1 aromatic rings. The fourth-order valence-corrected chi connectivity index (χ4v) is 3.61. The molecule has 1 fully saturated rings. The number of hydrogen-bond donors (Lipinski definition) is 2. The Bertz CT molecular complexity index is 686. The van der Waals surface area contributed by atoms with Crippen LogP contribution in [0.5, 0.6) is 0 Å². The summed E-state index contributed by atoms with van der Waals surface area (Å²) in [5, 5.41) is 2.78. The van der Waals surface area contributed by atoms with E-state index in [9.17, 15) is 18.0 Å². The summed E-state index contributed by atoms with van der Waals surface area (Å²) in [6.45, 7) is 3.94. The molecule has 0 spiro atoms. The Morgan fingerprint density at radius 1 is 1.25 bits per heavy atom. The van der Waals surface area contributed by atoms with Crippen molar-refractivity contribution in [2.75, 3.05) is 26.2 Å². The summed E-state index contributed by atoms with van der Waals surface area (Å²) < 4.78 is 26.1. The van der Waals surface area contributed by atoms with Gasteiger partial charge in [0.2, 0.25) is 15.9 Å². The van der Waals surface area contributed by atoms with Crippen LogP contribution >= 0.6 is 0 Å². The van der Waals surface area contributed by atoms with Crippen molar-refractivity contribution < 1.29 is 18.0 Å². The average molecular weight is 353 g/mol. The van der Waals surface area contributed by atoms with Gasteiger partial charge in [-0.25, -0.2) is 13.1 Å². The quantitative estimate of drug-likeness (QED) is 0.674. The molecule has 2 amide bonds. The third-order valence-corrected chi connectivity index (χ3v) is 5.38. The van der Waals surface area contributed by atoms with Gasteiger partial charge in [0.15, 0.2) is 0 Å². The zero-order chi connectivity index (χ0) is 17.6. The van der Waals surface area contributed by atoms with Crippen molar-refractivity contribution in [2.45, 2.75) is 31.1 Å². The SMILES string of the molecule is CCNS(=O)(=O)c1ccc(C(=O)NCCCN2CCCC2=O)cc1. The van der Waals surface area contributed by atoms with Crippen LogP contribution in [-0.4, -0.2) is 51.3 Å². The van der Waals surface area contributed by atoms with Gasteiger partial charge in [0.1, 0.15) is 0 Å². The Kier molecular flexibility index (Phi) is 6.33. The Hall–Kier alpha value is -1.93. The number of amides is 2. The first-order valence-electron chi connectivity index (χ1n) is 8.10. The average Bonchev–Trinajstić information content (AvgIpc) is 2.96. The van der Waals surface area contributed by atoms with Gasteiger partial charge in [-0.15, -0.1) is 0 Å². The monoisotopic (exact) mass is 353 g/mol. The third kappa shape index (κ3) is 4.78. The Balaban J connectivity index is 1.81. The molecule has 1 aromatic carbocycles. The van der Waals surface area contributed by atoms with E-state index in [1.54, 1.807) is 6.92 Å². The van der Waals surface area contributed by atoms with E-state index in [-0.39, 0.29) is 16.7 Å². The predicted molar refractivity (Wildman–Crippen MR) is 90.1 cm³/mol. The van der Waals surface area contributed by atoms with Gasteiger partial charge in [0.25, 0.3) is 5.91 Å². The summed E-state index contributed by atoms with van der Waals surface area (Å²) in [5.41, 5.74) is 0.405. The van der Waals surface area contributed by atoms with Crippen LogP contribution < -0.4 is 10.0 Å². The topological polar surface area (TPSA) is 95.6 Å². The van der Waals surface area contributed by atoms with Crippen LogP contribution in [0.3, 0.4) is 0 Å². The van der Waals surface area contributed by atoms with Crippen LogP contribution in [0, 0.1) is 0 Å². The zero-order valence-electron chi connectivity index (χ0n) is 13.7. The number of carbonyl (C=O) groups excluding carboxylic acids is 2. The highest BCUT2D eigenvalue weighted by atomic mass is 32.2. The van der Waals surface area contributed by atoms with E-state index in [4.69, 9.17) is 0 Å². The van der Waals surface area contributed by atoms with Crippen molar-refractivity contribution in [1.29, 1.82) is 0 Å². The second-order valence-corrected chi connectivity index (χ2v) is 7.39. The number of likely N-dealkylation sites (tertiary alicyclic amines) is 1. The van der Waals surface area contributed by atoms with E-state index in [0.717, 1.165) is 13.0 Å². The lowest BCUT2D eigenvalue weighted by molar-refractivity contribution is -0.127.